The van der Waals surface area contributed by atoms with Crippen LogP contribution in [0.5, 0.6) is 0 Å². The van der Waals surface area contributed by atoms with Gasteiger partial charge in [0.1, 0.15) is 6.04 Å². The lowest BCUT2D eigenvalue weighted by molar-refractivity contribution is 0.0939. The first-order valence-corrected chi connectivity index (χ1v) is 5.01. The van der Waals surface area contributed by atoms with Gasteiger partial charge in [0.2, 0.25) is 0 Å². The molecule has 13 heavy (non-hydrogen) atoms. The van der Waals surface area contributed by atoms with Gasteiger partial charge in [-0.05, 0) is 25.8 Å². The third-order valence-electron chi connectivity index (χ3n) is 2.62. The van der Waals surface area contributed by atoms with Gasteiger partial charge < -0.3 is 10.1 Å². The Morgan fingerprint density at radius 2 is 2.23 bits per heavy atom. The summed E-state index contributed by atoms with van der Waals surface area (Å²) in [4.78, 5) is 0. The van der Waals surface area contributed by atoms with E-state index in [4.69, 9.17) is 10.00 Å². The van der Waals surface area contributed by atoms with Gasteiger partial charge in [0, 0.05) is 6.61 Å². The molecule has 0 aliphatic heterocycles. The van der Waals surface area contributed by atoms with E-state index in [9.17, 15) is 0 Å². The largest absolute Gasteiger partial charge is 0.378 e. The Kier molecular flexibility index (Phi) is 4.81. The van der Waals surface area contributed by atoms with E-state index in [1.807, 2.05) is 0 Å². The summed E-state index contributed by atoms with van der Waals surface area (Å²) in [5.41, 5.74) is 0. The Balaban J connectivity index is 2.02. The van der Waals surface area contributed by atoms with Crippen molar-refractivity contribution in [3.63, 3.8) is 0 Å². The molecular weight excluding hydrogens is 164 g/mol. The van der Waals surface area contributed by atoms with Crippen LogP contribution in [-0.2, 0) is 4.74 Å². The SMILES string of the molecule is CNC(C#N)COCC1CCCC1. The molecule has 0 saturated heterocycles. The molecule has 0 spiro atoms. The van der Waals surface area contributed by atoms with Gasteiger partial charge >= 0.3 is 0 Å². The molecule has 1 atom stereocenters. The van der Waals surface area contributed by atoms with Crippen molar-refractivity contribution in [2.75, 3.05) is 20.3 Å². The highest BCUT2D eigenvalue weighted by Crippen LogP contribution is 2.24. The molecule has 0 heterocycles. The van der Waals surface area contributed by atoms with Crippen LogP contribution in [0.3, 0.4) is 0 Å². The van der Waals surface area contributed by atoms with E-state index in [-0.39, 0.29) is 6.04 Å². The van der Waals surface area contributed by atoms with Crippen molar-refractivity contribution in [1.82, 2.24) is 5.32 Å². The average Bonchev–Trinajstić information content (AvgIpc) is 2.65. The first-order valence-electron chi connectivity index (χ1n) is 5.01. The number of rotatable bonds is 5. The van der Waals surface area contributed by atoms with E-state index in [0.29, 0.717) is 6.61 Å². The summed E-state index contributed by atoms with van der Waals surface area (Å²) in [6, 6.07) is 1.99. The van der Waals surface area contributed by atoms with Gasteiger partial charge in [0.25, 0.3) is 0 Å². The minimum absolute atomic E-state index is 0.151. The van der Waals surface area contributed by atoms with Gasteiger partial charge in [-0.3, -0.25) is 0 Å². The van der Waals surface area contributed by atoms with Crippen LogP contribution in [0.15, 0.2) is 0 Å². The van der Waals surface area contributed by atoms with E-state index in [0.717, 1.165) is 12.5 Å². The highest BCUT2D eigenvalue weighted by atomic mass is 16.5. The summed E-state index contributed by atoms with van der Waals surface area (Å²) < 4.78 is 5.48. The number of nitrogens with zero attached hydrogens (tertiary/aromatic N) is 1. The van der Waals surface area contributed by atoms with Crippen molar-refractivity contribution in [1.29, 1.82) is 5.26 Å². The molecule has 74 valence electrons. The molecule has 0 aromatic carbocycles. The monoisotopic (exact) mass is 182 g/mol. The second-order valence-corrected chi connectivity index (χ2v) is 3.66. The standard InChI is InChI=1S/C10H18N2O/c1-12-10(6-11)8-13-7-9-4-2-3-5-9/h9-10,12H,2-5,7-8H2,1H3. The van der Waals surface area contributed by atoms with E-state index < -0.39 is 0 Å². The Morgan fingerprint density at radius 3 is 2.77 bits per heavy atom. The van der Waals surface area contributed by atoms with Gasteiger partial charge in [-0.2, -0.15) is 5.26 Å². The normalized spacial score (nSPS) is 20.0. The predicted octanol–water partition coefficient (Wildman–Crippen LogP) is 1.30. The molecule has 0 aromatic rings. The second-order valence-electron chi connectivity index (χ2n) is 3.66. The molecule has 0 aromatic heterocycles. The fourth-order valence-electron chi connectivity index (χ4n) is 1.71. The van der Waals surface area contributed by atoms with Crippen LogP contribution in [0.2, 0.25) is 0 Å². The molecule has 3 nitrogen and oxygen atoms in total. The number of nitrogens with one attached hydrogen (secondary N) is 1. The number of hydrogen-bond acceptors (Lipinski definition) is 3. The molecule has 1 N–H and O–H groups in total. The molecule has 1 aliphatic carbocycles. The summed E-state index contributed by atoms with van der Waals surface area (Å²) in [5.74, 6) is 0.746. The molecule has 0 radical (unpaired) electrons. The zero-order valence-corrected chi connectivity index (χ0v) is 8.25. The van der Waals surface area contributed by atoms with Crippen LogP contribution in [-0.4, -0.2) is 26.3 Å². The van der Waals surface area contributed by atoms with Crippen LogP contribution in [0.25, 0.3) is 0 Å². The highest BCUT2D eigenvalue weighted by Gasteiger charge is 2.15. The third kappa shape index (κ3) is 3.75. The number of nitriles is 1. The van der Waals surface area contributed by atoms with Gasteiger partial charge in [-0.15, -0.1) is 0 Å². The van der Waals surface area contributed by atoms with Crippen molar-refractivity contribution in [3.05, 3.63) is 0 Å². The van der Waals surface area contributed by atoms with Gasteiger partial charge in [-0.25, -0.2) is 0 Å². The molecule has 0 bridgehead atoms. The fraction of sp³-hybridized carbons (Fsp3) is 0.900. The van der Waals surface area contributed by atoms with Crippen molar-refractivity contribution in [2.45, 2.75) is 31.7 Å². The minimum Gasteiger partial charge on any atom is -0.378 e. The van der Waals surface area contributed by atoms with Crippen LogP contribution >= 0.6 is 0 Å². The number of ether oxygens (including phenoxy) is 1. The van der Waals surface area contributed by atoms with Crippen LogP contribution < -0.4 is 5.32 Å². The van der Waals surface area contributed by atoms with E-state index in [1.165, 1.54) is 25.7 Å². The highest BCUT2D eigenvalue weighted by molar-refractivity contribution is 4.88. The number of likely N-dealkylation sites (N-methyl/N-ethyl adjacent to an activating group) is 1. The fourth-order valence-corrected chi connectivity index (χ4v) is 1.71. The maximum Gasteiger partial charge on any atom is 0.119 e. The van der Waals surface area contributed by atoms with E-state index in [1.54, 1.807) is 7.05 Å². The quantitative estimate of drug-likeness (QED) is 0.697. The lowest BCUT2D eigenvalue weighted by Crippen LogP contribution is -2.29. The molecule has 0 amide bonds. The minimum atomic E-state index is -0.151. The smallest absolute Gasteiger partial charge is 0.119 e. The molecule has 1 aliphatic rings. The molecule has 1 saturated carbocycles. The topological polar surface area (TPSA) is 45.0 Å². The van der Waals surface area contributed by atoms with Crippen LogP contribution in [0, 0.1) is 17.2 Å². The number of hydrogen-bond donors (Lipinski definition) is 1. The van der Waals surface area contributed by atoms with Gasteiger partial charge in [-0.1, -0.05) is 12.8 Å². The van der Waals surface area contributed by atoms with E-state index in [2.05, 4.69) is 11.4 Å². The van der Waals surface area contributed by atoms with Gasteiger partial charge in [0.05, 0.1) is 12.7 Å². The zero-order chi connectivity index (χ0) is 9.52. The second kappa shape index (κ2) is 5.95. The average molecular weight is 182 g/mol. The van der Waals surface area contributed by atoms with Gasteiger partial charge in [0.15, 0.2) is 0 Å². The first-order chi connectivity index (χ1) is 6.36. The lowest BCUT2D eigenvalue weighted by Gasteiger charge is -2.12. The molecule has 1 fully saturated rings. The molecule has 1 rings (SSSR count). The maximum atomic E-state index is 8.63. The van der Waals surface area contributed by atoms with E-state index >= 15 is 0 Å². The van der Waals surface area contributed by atoms with Crippen molar-refractivity contribution in [2.24, 2.45) is 5.92 Å². The molecule has 1 unspecified atom stereocenters. The summed E-state index contributed by atoms with van der Waals surface area (Å²) >= 11 is 0. The molecule has 3 heteroatoms. The maximum absolute atomic E-state index is 8.63. The summed E-state index contributed by atoms with van der Waals surface area (Å²) in [6.45, 7) is 1.35. The van der Waals surface area contributed by atoms with Crippen LogP contribution in [0.1, 0.15) is 25.7 Å². The van der Waals surface area contributed by atoms with Crippen molar-refractivity contribution < 1.29 is 4.74 Å². The van der Waals surface area contributed by atoms with Crippen molar-refractivity contribution in [3.8, 4) is 6.07 Å². The Morgan fingerprint density at radius 1 is 1.54 bits per heavy atom. The van der Waals surface area contributed by atoms with Crippen LogP contribution in [0.4, 0.5) is 0 Å². The Bertz CT molecular complexity index is 170. The predicted molar refractivity (Wildman–Crippen MR) is 51.2 cm³/mol. The summed E-state index contributed by atoms with van der Waals surface area (Å²) in [5, 5.41) is 11.5. The Hall–Kier alpha value is -0.590. The molecular formula is C10H18N2O. The first kappa shape index (κ1) is 10.5. The lowest BCUT2D eigenvalue weighted by atomic mass is 10.1. The zero-order valence-electron chi connectivity index (χ0n) is 8.25. The third-order valence-corrected chi connectivity index (χ3v) is 2.62. The Labute approximate surface area is 80.1 Å². The summed E-state index contributed by atoms with van der Waals surface area (Å²) in [6.07, 6.45) is 5.30. The van der Waals surface area contributed by atoms with Crippen molar-refractivity contribution >= 4 is 0 Å². The summed E-state index contributed by atoms with van der Waals surface area (Å²) in [7, 11) is 1.78.